The van der Waals surface area contributed by atoms with Crippen LogP contribution in [0.3, 0.4) is 0 Å². The third-order valence-electron chi connectivity index (χ3n) is 4.23. The standard InChI is InChI=1S/C21H23ClFNOS/c1-5-17-12-19(9-10-20(17)22)24-15(3)26-21(4,14(2)25)13-16-7-6-8-18(23)11-16/h6-12,24H,3,5,13H2,1-2,4H3. The molecule has 2 aromatic carbocycles. The summed E-state index contributed by atoms with van der Waals surface area (Å²) in [6.45, 7) is 9.50. The average Bonchev–Trinajstić information content (AvgIpc) is 2.56. The van der Waals surface area contributed by atoms with E-state index in [0.717, 1.165) is 28.3 Å². The predicted molar refractivity (Wildman–Crippen MR) is 110 cm³/mol. The van der Waals surface area contributed by atoms with Gasteiger partial charge in [-0.3, -0.25) is 4.79 Å². The first-order valence-electron chi connectivity index (χ1n) is 8.42. The van der Waals surface area contributed by atoms with Crippen LogP contribution in [0.2, 0.25) is 5.02 Å². The number of nitrogens with one attached hydrogen (secondary N) is 1. The second-order valence-corrected chi connectivity index (χ2v) is 8.41. The molecular weight excluding hydrogens is 369 g/mol. The molecule has 0 fully saturated rings. The van der Waals surface area contributed by atoms with E-state index in [1.165, 1.54) is 23.9 Å². The number of ketones is 1. The lowest BCUT2D eigenvalue weighted by Crippen LogP contribution is -2.33. The first-order chi connectivity index (χ1) is 12.2. The Morgan fingerprint density at radius 2 is 2.04 bits per heavy atom. The number of carbonyl (C=O) groups excluding carboxylic acids is 1. The highest BCUT2D eigenvalue weighted by atomic mass is 35.5. The normalized spacial score (nSPS) is 13.1. The summed E-state index contributed by atoms with van der Waals surface area (Å²) in [4.78, 5) is 12.3. The zero-order valence-corrected chi connectivity index (χ0v) is 16.8. The second kappa shape index (κ2) is 8.74. The lowest BCUT2D eigenvalue weighted by Gasteiger charge is -2.27. The van der Waals surface area contributed by atoms with Gasteiger partial charge in [0.1, 0.15) is 11.6 Å². The van der Waals surface area contributed by atoms with Crippen molar-refractivity contribution in [1.29, 1.82) is 0 Å². The predicted octanol–water partition coefficient (Wildman–Crippen LogP) is 6.25. The van der Waals surface area contributed by atoms with Crippen LogP contribution in [0.15, 0.2) is 54.1 Å². The summed E-state index contributed by atoms with van der Waals surface area (Å²) < 4.78 is 12.7. The van der Waals surface area contributed by atoms with E-state index in [-0.39, 0.29) is 11.6 Å². The average molecular weight is 392 g/mol. The van der Waals surface area contributed by atoms with Gasteiger partial charge >= 0.3 is 0 Å². The van der Waals surface area contributed by atoms with E-state index in [4.69, 9.17) is 11.6 Å². The van der Waals surface area contributed by atoms with Gasteiger partial charge < -0.3 is 5.32 Å². The van der Waals surface area contributed by atoms with Gasteiger partial charge in [0, 0.05) is 10.7 Å². The molecule has 0 bridgehead atoms. The summed E-state index contributed by atoms with van der Waals surface area (Å²) in [5, 5.41) is 4.62. The van der Waals surface area contributed by atoms with Crippen molar-refractivity contribution in [3.63, 3.8) is 0 Å². The summed E-state index contributed by atoms with van der Waals surface area (Å²) in [5.74, 6) is -0.288. The highest BCUT2D eigenvalue weighted by Gasteiger charge is 2.32. The molecule has 5 heteroatoms. The zero-order valence-electron chi connectivity index (χ0n) is 15.2. The minimum absolute atomic E-state index is 0.0139. The maximum Gasteiger partial charge on any atom is 0.146 e. The van der Waals surface area contributed by atoms with Crippen LogP contribution in [-0.4, -0.2) is 10.5 Å². The summed E-state index contributed by atoms with van der Waals surface area (Å²) in [6, 6.07) is 12.0. The first kappa shape index (κ1) is 20.5. The van der Waals surface area contributed by atoms with Gasteiger partial charge in [-0.25, -0.2) is 4.39 Å². The number of hydrogen-bond acceptors (Lipinski definition) is 3. The van der Waals surface area contributed by atoms with Crippen molar-refractivity contribution in [3.05, 3.63) is 76.0 Å². The molecule has 2 rings (SSSR count). The molecule has 1 N–H and O–H groups in total. The Kier molecular flexibility index (Phi) is 6.90. The number of halogens is 2. The van der Waals surface area contributed by atoms with Crippen LogP contribution in [0.5, 0.6) is 0 Å². The number of hydrogen-bond donors (Lipinski definition) is 1. The van der Waals surface area contributed by atoms with Crippen molar-refractivity contribution in [2.75, 3.05) is 5.32 Å². The fourth-order valence-corrected chi connectivity index (χ4v) is 4.00. The third-order valence-corrected chi connectivity index (χ3v) is 5.83. The van der Waals surface area contributed by atoms with Crippen LogP contribution < -0.4 is 5.32 Å². The Labute approximate surface area is 163 Å². The van der Waals surface area contributed by atoms with Gasteiger partial charge in [-0.05, 0) is 68.1 Å². The summed E-state index contributed by atoms with van der Waals surface area (Å²) >= 11 is 7.51. The van der Waals surface area contributed by atoms with Crippen LogP contribution in [0.1, 0.15) is 31.9 Å². The lowest BCUT2D eigenvalue weighted by molar-refractivity contribution is -0.118. The Morgan fingerprint density at radius 3 is 2.65 bits per heavy atom. The minimum Gasteiger partial charge on any atom is -0.351 e. The lowest BCUT2D eigenvalue weighted by atomic mass is 9.97. The molecule has 0 aliphatic heterocycles. The molecule has 0 amide bonds. The highest BCUT2D eigenvalue weighted by molar-refractivity contribution is 8.05. The summed E-state index contributed by atoms with van der Waals surface area (Å²) in [5.41, 5.74) is 2.70. The molecule has 0 saturated heterocycles. The van der Waals surface area contributed by atoms with Crippen molar-refractivity contribution in [2.24, 2.45) is 0 Å². The first-order valence-corrected chi connectivity index (χ1v) is 9.62. The van der Waals surface area contributed by atoms with Gasteiger partial charge in [-0.15, -0.1) is 0 Å². The van der Waals surface area contributed by atoms with E-state index in [1.54, 1.807) is 13.0 Å². The van der Waals surface area contributed by atoms with E-state index >= 15 is 0 Å². The van der Waals surface area contributed by atoms with E-state index in [2.05, 4.69) is 11.9 Å². The van der Waals surface area contributed by atoms with E-state index in [0.29, 0.717) is 11.4 Å². The highest BCUT2D eigenvalue weighted by Crippen LogP contribution is 2.36. The molecule has 1 atom stereocenters. The number of carbonyl (C=O) groups is 1. The number of rotatable bonds is 8. The van der Waals surface area contributed by atoms with E-state index < -0.39 is 4.75 Å². The molecule has 0 saturated carbocycles. The van der Waals surface area contributed by atoms with Crippen LogP contribution in [-0.2, 0) is 17.6 Å². The SMILES string of the molecule is C=C(Nc1ccc(Cl)c(CC)c1)SC(C)(Cc1cccc(F)c1)C(C)=O. The molecule has 26 heavy (non-hydrogen) atoms. The topological polar surface area (TPSA) is 29.1 Å². The quantitative estimate of drug-likeness (QED) is 0.576. The summed E-state index contributed by atoms with van der Waals surface area (Å²) in [7, 11) is 0. The molecule has 0 heterocycles. The van der Waals surface area contributed by atoms with Crippen molar-refractivity contribution in [2.45, 2.75) is 38.4 Å². The van der Waals surface area contributed by atoms with Crippen LogP contribution in [0.4, 0.5) is 10.1 Å². The van der Waals surface area contributed by atoms with Crippen LogP contribution in [0.25, 0.3) is 0 Å². The van der Waals surface area contributed by atoms with Gasteiger partial charge in [0.25, 0.3) is 0 Å². The number of thioether (sulfide) groups is 1. The van der Waals surface area contributed by atoms with Crippen LogP contribution in [0, 0.1) is 5.82 Å². The Balaban J connectivity index is 2.13. The fourth-order valence-electron chi connectivity index (χ4n) is 2.65. The van der Waals surface area contributed by atoms with E-state index in [9.17, 15) is 9.18 Å². The van der Waals surface area contributed by atoms with Gasteiger partial charge in [0.2, 0.25) is 0 Å². The van der Waals surface area contributed by atoms with Crippen LogP contribution >= 0.6 is 23.4 Å². The van der Waals surface area contributed by atoms with Gasteiger partial charge in [-0.2, -0.15) is 0 Å². The smallest absolute Gasteiger partial charge is 0.146 e. The number of aryl methyl sites for hydroxylation is 1. The molecule has 0 aliphatic carbocycles. The maximum absolute atomic E-state index is 13.5. The van der Waals surface area contributed by atoms with Crippen molar-refractivity contribution >= 4 is 34.8 Å². The zero-order chi connectivity index (χ0) is 19.3. The Hall–Kier alpha value is -1.78. The van der Waals surface area contributed by atoms with Gasteiger partial charge in [0.05, 0.1) is 9.78 Å². The van der Waals surface area contributed by atoms with Crippen molar-refractivity contribution in [3.8, 4) is 0 Å². The minimum atomic E-state index is -0.738. The molecular formula is C21H23ClFNOS. The molecule has 0 aromatic heterocycles. The molecule has 2 nitrogen and oxygen atoms in total. The number of Topliss-reactive ketones (excluding diaryl/α,β-unsaturated/α-hetero) is 1. The molecule has 0 spiro atoms. The number of anilines is 1. The molecule has 1 unspecified atom stereocenters. The molecule has 2 aromatic rings. The van der Waals surface area contributed by atoms with Gasteiger partial charge in [0.15, 0.2) is 0 Å². The molecule has 138 valence electrons. The second-order valence-electron chi connectivity index (χ2n) is 6.40. The largest absolute Gasteiger partial charge is 0.351 e. The number of benzene rings is 2. The Bertz CT molecular complexity index is 823. The van der Waals surface area contributed by atoms with E-state index in [1.807, 2.05) is 38.1 Å². The Morgan fingerprint density at radius 1 is 1.31 bits per heavy atom. The van der Waals surface area contributed by atoms with Crippen molar-refractivity contribution < 1.29 is 9.18 Å². The van der Waals surface area contributed by atoms with Gasteiger partial charge in [-0.1, -0.05) is 49.0 Å². The molecule has 0 aliphatic rings. The fraction of sp³-hybridized carbons (Fsp3) is 0.286. The summed E-state index contributed by atoms with van der Waals surface area (Å²) in [6.07, 6.45) is 1.25. The maximum atomic E-state index is 13.5. The third kappa shape index (κ3) is 5.36. The van der Waals surface area contributed by atoms with Crippen molar-refractivity contribution in [1.82, 2.24) is 0 Å². The monoisotopic (exact) mass is 391 g/mol. The molecule has 0 radical (unpaired) electrons.